The van der Waals surface area contributed by atoms with Gasteiger partial charge in [0.25, 0.3) is 0 Å². The van der Waals surface area contributed by atoms with E-state index in [0.29, 0.717) is 12.0 Å². The van der Waals surface area contributed by atoms with Gasteiger partial charge in [-0.05, 0) is 39.3 Å². The van der Waals surface area contributed by atoms with E-state index in [4.69, 9.17) is 10.5 Å². The van der Waals surface area contributed by atoms with Crippen molar-refractivity contribution in [2.45, 2.75) is 38.8 Å². The van der Waals surface area contributed by atoms with Crippen molar-refractivity contribution in [3.8, 4) is 5.88 Å². The minimum atomic E-state index is 0.592. The van der Waals surface area contributed by atoms with Gasteiger partial charge in [0, 0.05) is 19.6 Å². The Balaban J connectivity index is 2.12. The third-order valence-corrected chi connectivity index (χ3v) is 4.38. The molecule has 0 saturated heterocycles. The van der Waals surface area contributed by atoms with E-state index in [9.17, 15) is 0 Å². The van der Waals surface area contributed by atoms with Crippen LogP contribution in [0.25, 0.3) is 0 Å². The lowest BCUT2D eigenvalue weighted by atomic mass is 10.0. The molecule has 0 aromatic carbocycles. The van der Waals surface area contributed by atoms with Crippen LogP contribution < -0.4 is 10.5 Å². The number of nitrogens with zero attached hydrogens (tertiary/aromatic N) is 3. The second-order valence-electron chi connectivity index (χ2n) is 5.61. The fourth-order valence-corrected chi connectivity index (χ4v) is 3.36. The Bertz CT molecular complexity index is 429. The van der Waals surface area contributed by atoms with E-state index < -0.39 is 0 Å². The maximum atomic E-state index is 5.88. The number of methoxy groups -OCH3 is 1. The maximum Gasteiger partial charge on any atom is 0.216 e. The van der Waals surface area contributed by atoms with Gasteiger partial charge in [-0.2, -0.15) is 5.10 Å². The van der Waals surface area contributed by atoms with Crippen LogP contribution in [0.4, 0.5) is 0 Å². The van der Waals surface area contributed by atoms with E-state index in [2.05, 4.69) is 17.0 Å². The van der Waals surface area contributed by atoms with Gasteiger partial charge in [-0.3, -0.25) is 4.90 Å². The molecule has 1 aliphatic carbocycles. The van der Waals surface area contributed by atoms with Gasteiger partial charge in [-0.25, -0.2) is 4.68 Å². The zero-order valence-electron chi connectivity index (χ0n) is 12.5. The van der Waals surface area contributed by atoms with Crippen molar-refractivity contribution < 1.29 is 4.74 Å². The first kappa shape index (κ1) is 14.3. The van der Waals surface area contributed by atoms with Gasteiger partial charge in [0.05, 0.1) is 18.4 Å². The molecule has 1 saturated carbocycles. The predicted octanol–water partition coefficient (Wildman–Crippen LogP) is 1.30. The van der Waals surface area contributed by atoms with Crippen LogP contribution in [0.15, 0.2) is 0 Å². The molecule has 1 aliphatic rings. The molecule has 1 aromatic rings. The van der Waals surface area contributed by atoms with E-state index in [1.54, 1.807) is 7.11 Å². The van der Waals surface area contributed by atoms with E-state index in [-0.39, 0.29) is 0 Å². The number of nitrogens with two attached hydrogens (primary N) is 1. The van der Waals surface area contributed by atoms with Crippen molar-refractivity contribution in [1.82, 2.24) is 14.7 Å². The lowest BCUT2D eigenvalue weighted by molar-refractivity contribution is 0.190. The average molecular weight is 266 g/mol. The second kappa shape index (κ2) is 5.92. The minimum absolute atomic E-state index is 0.592. The molecular weight excluding hydrogens is 240 g/mol. The van der Waals surface area contributed by atoms with E-state index in [0.717, 1.165) is 24.7 Å². The molecule has 1 heterocycles. The van der Waals surface area contributed by atoms with Crippen molar-refractivity contribution in [1.29, 1.82) is 0 Å². The van der Waals surface area contributed by atoms with Crippen LogP contribution in [0.2, 0.25) is 0 Å². The van der Waals surface area contributed by atoms with Gasteiger partial charge in [0.15, 0.2) is 0 Å². The van der Waals surface area contributed by atoms with Crippen molar-refractivity contribution >= 4 is 0 Å². The van der Waals surface area contributed by atoms with E-state index in [1.165, 1.54) is 24.8 Å². The zero-order valence-corrected chi connectivity index (χ0v) is 12.5. The van der Waals surface area contributed by atoms with Gasteiger partial charge in [-0.15, -0.1) is 0 Å². The summed E-state index contributed by atoms with van der Waals surface area (Å²) in [5.74, 6) is 1.50. The summed E-state index contributed by atoms with van der Waals surface area (Å²) >= 11 is 0. The molecule has 1 fully saturated rings. The molecule has 19 heavy (non-hydrogen) atoms. The van der Waals surface area contributed by atoms with Crippen LogP contribution >= 0.6 is 0 Å². The topological polar surface area (TPSA) is 56.3 Å². The van der Waals surface area contributed by atoms with Crippen molar-refractivity contribution in [2.24, 2.45) is 18.7 Å². The first-order valence-electron chi connectivity index (χ1n) is 7.05. The highest BCUT2D eigenvalue weighted by molar-refractivity contribution is 5.30. The number of hydrogen-bond donors (Lipinski definition) is 1. The second-order valence-corrected chi connectivity index (χ2v) is 5.61. The SMILES string of the molecule is COc1c(CN(C)C2CCCC2CN)c(C)nn1C. The highest BCUT2D eigenvalue weighted by atomic mass is 16.5. The molecule has 1 aromatic heterocycles. The Hall–Kier alpha value is -1.07. The zero-order chi connectivity index (χ0) is 14.0. The Labute approximate surface area is 115 Å². The maximum absolute atomic E-state index is 5.88. The molecule has 0 bridgehead atoms. The van der Waals surface area contributed by atoms with Crippen LogP contribution in [-0.2, 0) is 13.6 Å². The highest BCUT2D eigenvalue weighted by Gasteiger charge is 2.30. The van der Waals surface area contributed by atoms with Crippen LogP contribution in [-0.4, -0.2) is 41.4 Å². The number of aromatic nitrogens is 2. The van der Waals surface area contributed by atoms with Crippen molar-refractivity contribution in [3.05, 3.63) is 11.3 Å². The third-order valence-electron chi connectivity index (χ3n) is 4.38. The number of rotatable bonds is 5. The van der Waals surface area contributed by atoms with E-state index in [1.807, 2.05) is 18.7 Å². The molecule has 5 nitrogen and oxygen atoms in total. The summed E-state index contributed by atoms with van der Waals surface area (Å²) in [7, 11) is 5.82. The monoisotopic (exact) mass is 266 g/mol. The molecule has 2 rings (SSSR count). The Morgan fingerprint density at radius 2 is 2.21 bits per heavy atom. The summed E-state index contributed by atoms with van der Waals surface area (Å²) in [4.78, 5) is 2.41. The van der Waals surface area contributed by atoms with Crippen LogP contribution in [0.1, 0.15) is 30.5 Å². The lowest BCUT2D eigenvalue weighted by Gasteiger charge is -2.29. The van der Waals surface area contributed by atoms with Crippen LogP contribution in [0.3, 0.4) is 0 Å². The van der Waals surface area contributed by atoms with Crippen molar-refractivity contribution in [3.63, 3.8) is 0 Å². The summed E-state index contributed by atoms with van der Waals surface area (Å²) in [6.45, 7) is 3.71. The number of aryl methyl sites for hydroxylation is 2. The van der Waals surface area contributed by atoms with Crippen LogP contribution in [0.5, 0.6) is 5.88 Å². The van der Waals surface area contributed by atoms with Crippen LogP contribution in [0, 0.1) is 12.8 Å². The Morgan fingerprint density at radius 1 is 1.47 bits per heavy atom. The summed E-state index contributed by atoms with van der Waals surface area (Å²) in [6.07, 6.45) is 3.80. The fourth-order valence-electron chi connectivity index (χ4n) is 3.36. The quantitative estimate of drug-likeness (QED) is 0.872. The molecule has 0 amide bonds. The van der Waals surface area contributed by atoms with Gasteiger partial charge in [-0.1, -0.05) is 6.42 Å². The predicted molar refractivity (Wildman–Crippen MR) is 76.1 cm³/mol. The molecule has 0 aliphatic heterocycles. The number of hydrogen-bond acceptors (Lipinski definition) is 4. The van der Waals surface area contributed by atoms with Gasteiger partial charge in [0.1, 0.15) is 0 Å². The highest BCUT2D eigenvalue weighted by Crippen LogP contribution is 2.31. The van der Waals surface area contributed by atoms with Gasteiger partial charge in [0.2, 0.25) is 5.88 Å². The summed E-state index contributed by atoms with van der Waals surface area (Å²) in [5, 5.41) is 4.44. The summed E-state index contributed by atoms with van der Waals surface area (Å²) in [5.41, 5.74) is 8.12. The largest absolute Gasteiger partial charge is 0.481 e. The molecule has 0 radical (unpaired) electrons. The molecular formula is C14H26N4O. The standard InChI is InChI=1S/C14H26N4O/c1-10-12(14(19-4)18(3)16-10)9-17(2)13-7-5-6-11(13)8-15/h11,13H,5-9,15H2,1-4H3. The number of ether oxygens (including phenoxy) is 1. The first-order valence-corrected chi connectivity index (χ1v) is 7.05. The molecule has 0 spiro atoms. The molecule has 2 atom stereocenters. The smallest absolute Gasteiger partial charge is 0.216 e. The fraction of sp³-hybridized carbons (Fsp3) is 0.786. The first-order chi connectivity index (χ1) is 9.08. The Kier molecular flexibility index (Phi) is 4.47. The van der Waals surface area contributed by atoms with Crippen molar-refractivity contribution in [2.75, 3.05) is 20.7 Å². The summed E-state index contributed by atoms with van der Waals surface area (Å²) < 4.78 is 7.28. The normalized spacial score (nSPS) is 23.3. The lowest BCUT2D eigenvalue weighted by Crippen LogP contribution is -2.37. The summed E-state index contributed by atoms with van der Waals surface area (Å²) in [6, 6.07) is 0.592. The van der Waals surface area contributed by atoms with Gasteiger partial charge < -0.3 is 10.5 Å². The third kappa shape index (κ3) is 2.77. The average Bonchev–Trinajstić information content (AvgIpc) is 2.95. The Morgan fingerprint density at radius 3 is 2.84 bits per heavy atom. The minimum Gasteiger partial charge on any atom is -0.481 e. The van der Waals surface area contributed by atoms with E-state index >= 15 is 0 Å². The van der Waals surface area contributed by atoms with Gasteiger partial charge >= 0.3 is 0 Å². The molecule has 2 N–H and O–H groups in total. The molecule has 2 unspecified atom stereocenters. The molecule has 108 valence electrons. The molecule has 5 heteroatoms.